The number of anilines is 4. The highest BCUT2D eigenvalue weighted by atomic mass is 19.1. The smallest absolute Gasteiger partial charge is 0.414 e. The minimum absolute atomic E-state index is 0.0344. The molecule has 4 heterocycles. The van der Waals surface area contributed by atoms with Gasteiger partial charge in [-0.2, -0.15) is 0 Å². The van der Waals surface area contributed by atoms with Crippen LogP contribution in [0.3, 0.4) is 0 Å². The summed E-state index contributed by atoms with van der Waals surface area (Å²) < 4.78 is 35.3. The molecule has 5 fully saturated rings. The first-order valence-electron chi connectivity index (χ1n) is 21.6. The molecule has 14 nitrogen and oxygen atoms in total. The summed E-state index contributed by atoms with van der Waals surface area (Å²) in [4.78, 5) is 63.8. The van der Waals surface area contributed by atoms with Crippen molar-refractivity contribution in [1.82, 2.24) is 25.5 Å². The van der Waals surface area contributed by atoms with Crippen LogP contribution in [0, 0.1) is 29.4 Å². The van der Waals surface area contributed by atoms with E-state index in [1.165, 1.54) is 12.3 Å². The second-order valence-corrected chi connectivity index (χ2v) is 17.0. The van der Waals surface area contributed by atoms with Gasteiger partial charge in [0, 0.05) is 81.1 Å². The number of ether oxygens (including phenoxy) is 1. The summed E-state index contributed by atoms with van der Waals surface area (Å²) in [5.74, 6) is -0.0131. The van der Waals surface area contributed by atoms with Gasteiger partial charge in [0.15, 0.2) is 5.82 Å². The van der Waals surface area contributed by atoms with Crippen molar-refractivity contribution in [3.8, 4) is 11.3 Å². The highest BCUT2D eigenvalue weighted by Gasteiger charge is 2.31. The fourth-order valence-corrected chi connectivity index (χ4v) is 9.36. The zero-order valence-corrected chi connectivity index (χ0v) is 34.0. The number of benzene rings is 2. The molecular weight excluding hydrogens is 773 g/mol. The first kappa shape index (κ1) is 41.4. The lowest BCUT2D eigenvalue weighted by Gasteiger charge is -2.39. The molecule has 1 atom stereocenters. The molecule has 60 heavy (non-hydrogen) atoms. The number of halogens is 2. The lowest BCUT2D eigenvalue weighted by molar-refractivity contribution is -0.133. The molecule has 3 aliphatic heterocycles. The summed E-state index contributed by atoms with van der Waals surface area (Å²) in [5, 5.41) is 12.0. The Kier molecular flexibility index (Phi) is 13.0. The van der Waals surface area contributed by atoms with Crippen LogP contribution in [0.4, 0.5) is 36.6 Å². The Labute approximate surface area is 349 Å². The van der Waals surface area contributed by atoms with E-state index in [1.807, 2.05) is 0 Å². The van der Waals surface area contributed by atoms with Gasteiger partial charge < -0.3 is 25.6 Å². The summed E-state index contributed by atoms with van der Waals surface area (Å²) in [6, 6.07) is 11.6. The molecule has 3 saturated heterocycles. The van der Waals surface area contributed by atoms with Crippen molar-refractivity contribution >= 4 is 46.8 Å². The van der Waals surface area contributed by atoms with Crippen LogP contribution in [0.5, 0.6) is 0 Å². The highest BCUT2D eigenvalue weighted by molar-refractivity contribution is 6.01. The standard InChI is InChI=1S/C44H55F2N9O5/c45-35-24-33(49-37-14-16-39(56)51-42(37)58)13-15-38(35)54-20-18-53(19-21-54)27-29-7-5-28(6-8-29)25-47-41(57)30-9-11-32(12-10-30)50-43-48-26-36(46)40(52-43)31-3-1-4-34(23-31)55-17-2-22-60-44(55)59/h1,3-4,13,15,23-24,26,28-30,32,37,49H,2,5-12,14,16-22,25,27H2,(H,47,57)(H,48,50,52)(H,51,56,58). The van der Waals surface area contributed by atoms with Gasteiger partial charge in [-0.1, -0.05) is 12.1 Å². The minimum Gasteiger partial charge on any atom is -0.449 e. The number of rotatable bonds is 12. The quantitative estimate of drug-likeness (QED) is 0.166. The fourth-order valence-electron chi connectivity index (χ4n) is 9.36. The third-order valence-corrected chi connectivity index (χ3v) is 12.9. The molecule has 2 saturated carbocycles. The predicted molar refractivity (Wildman–Crippen MR) is 223 cm³/mol. The van der Waals surface area contributed by atoms with Gasteiger partial charge in [0.05, 0.1) is 18.5 Å². The Bertz CT molecular complexity index is 2030. The Morgan fingerprint density at radius 3 is 2.38 bits per heavy atom. The molecule has 1 unspecified atom stereocenters. The predicted octanol–water partition coefficient (Wildman–Crippen LogP) is 5.70. The summed E-state index contributed by atoms with van der Waals surface area (Å²) >= 11 is 0. The molecule has 3 aromatic rings. The van der Waals surface area contributed by atoms with E-state index in [9.17, 15) is 23.6 Å². The topological polar surface area (TPSA) is 161 Å². The highest BCUT2D eigenvalue weighted by Crippen LogP contribution is 2.32. The number of nitrogens with one attached hydrogen (secondary N) is 4. The van der Waals surface area contributed by atoms with E-state index in [1.54, 1.807) is 41.3 Å². The van der Waals surface area contributed by atoms with Gasteiger partial charge in [0.2, 0.25) is 23.7 Å². The molecule has 2 aliphatic carbocycles. The van der Waals surface area contributed by atoms with Gasteiger partial charge in [-0.05, 0) is 106 Å². The van der Waals surface area contributed by atoms with Crippen molar-refractivity contribution in [2.24, 2.45) is 17.8 Å². The van der Waals surface area contributed by atoms with Crippen LogP contribution >= 0.6 is 0 Å². The van der Waals surface area contributed by atoms with Gasteiger partial charge in [-0.15, -0.1) is 0 Å². The van der Waals surface area contributed by atoms with Crippen LogP contribution in [0.15, 0.2) is 48.7 Å². The van der Waals surface area contributed by atoms with E-state index < -0.39 is 18.0 Å². The molecule has 0 bridgehead atoms. The average Bonchev–Trinajstić information content (AvgIpc) is 3.26. The number of cyclic esters (lactones) is 1. The van der Waals surface area contributed by atoms with Crippen molar-refractivity contribution in [2.75, 3.05) is 72.9 Å². The van der Waals surface area contributed by atoms with Crippen LogP contribution in [-0.4, -0.2) is 103 Å². The summed E-state index contributed by atoms with van der Waals surface area (Å²) in [6.45, 7) is 5.90. The van der Waals surface area contributed by atoms with Crippen LogP contribution in [0.1, 0.15) is 70.6 Å². The molecule has 0 radical (unpaired) electrons. The molecular formula is C44H55F2N9O5. The van der Waals surface area contributed by atoms with Crippen molar-refractivity contribution in [3.05, 3.63) is 60.3 Å². The number of imide groups is 1. The van der Waals surface area contributed by atoms with E-state index in [0.717, 1.165) is 90.5 Å². The van der Waals surface area contributed by atoms with Crippen molar-refractivity contribution in [3.63, 3.8) is 0 Å². The Morgan fingerprint density at radius 1 is 0.850 bits per heavy atom. The number of nitrogens with zero attached hydrogens (tertiary/aromatic N) is 5. The molecule has 5 aliphatic rings. The van der Waals surface area contributed by atoms with E-state index in [4.69, 9.17) is 4.74 Å². The number of carbonyl (C=O) groups excluding carboxylic acids is 4. The van der Waals surface area contributed by atoms with Gasteiger partial charge in [-0.3, -0.25) is 29.5 Å². The number of hydrogen-bond donors (Lipinski definition) is 4. The second kappa shape index (κ2) is 18.9. The zero-order valence-electron chi connectivity index (χ0n) is 34.0. The minimum atomic E-state index is -0.553. The van der Waals surface area contributed by atoms with Gasteiger partial charge >= 0.3 is 6.09 Å². The number of piperidine rings is 1. The maximum atomic E-state index is 15.2. The third-order valence-electron chi connectivity index (χ3n) is 12.9. The molecule has 320 valence electrons. The largest absolute Gasteiger partial charge is 0.449 e. The van der Waals surface area contributed by atoms with E-state index >= 15 is 4.39 Å². The van der Waals surface area contributed by atoms with Gasteiger partial charge in [-0.25, -0.2) is 23.5 Å². The normalized spacial score (nSPS) is 25.3. The first-order valence-corrected chi connectivity index (χ1v) is 21.6. The van der Waals surface area contributed by atoms with Crippen LogP contribution < -0.4 is 31.1 Å². The zero-order chi connectivity index (χ0) is 41.6. The fraction of sp³-hybridized carbons (Fsp3) is 0.545. The SMILES string of the molecule is O=C1CCC(Nc2ccc(N3CCN(CC4CCC(CNC(=O)C5CCC(Nc6ncc(F)c(-c7cccc(N8CCCOC8=O)c7)n6)CC5)CC4)CC3)c(F)c2)C(=O)N1. The molecule has 1 aromatic heterocycles. The lowest BCUT2D eigenvalue weighted by Crippen LogP contribution is -2.48. The number of aromatic nitrogens is 2. The van der Waals surface area contributed by atoms with Crippen LogP contribution in [0.25, 0.3) is 11.3 Å². The maximum Gasteiger partial charge on any atom is 0.414 e. The number of amides is 4. The van der Waals surface area contributed by atoms with Gasteiger partial charge in [0.1, 0.15) is 17.6 Å². The van der Waals surface area contributed by atoms with E-state index in [2.05, 4.69) is 41.0 Å². The van der Waals surface area contributed by atoms with Gasteiger partial charge in [0.25, 0.3) is 0 Å². The van der Waals surface area contributed by atoms with E-state index in [0.29, 0.717) is 66.5 Å². The molecule has 16 heteroatoms. The van der Waals surface area contributed by atoms with Crippen molar-refractivity contribution in [2.45, 2.75) is 82.7 Å². The summed E-state index contributed by atoms with van der Waals surface area (Å²) in [6.07, 6.45) is 9.67. The van der Waals surface area contributed by atoms with Crippen molar-refractivity contribution in [1.29, 1.82) is 0 Å². The first-order chi connectivity index (χ1) is 29.1. The summed E-state index contributed by atoms with van der Waals surface area (Å²) in [7, 11) is 0. The molecule has 8 rings (SSSR count). The van der Waals surface area contributed by atoms with E-state index in [-0.39, 0.29) is 47.6 Å². The van der Waals surface area contributed by atoms with Crippen LogP contribution in [0.2, 0.25) is 0 Å². The Hall–Kier alpha value is -5.38. The molecule has 4 amide bonds. The summed E-state index contributed by atoms with van der Waals surface area (Å²) in [5.41, 5.74) is 2.41. The number of hydrogen-bond acceptors (Lipinski definition) is 11. The Balaban J connectivity index is 0.720. The van der Waals surface area contributed by atoms with Crippen molar-refractivity contribution < 1.29 is 32.7 Å². The molecule has 2 aromatic carbocycles. The Morgan fingerprint density at radius 2 is 1.63 bits per heavy atom. The average molecular weight is 828 g/mol. The maximum absolute atomic E-state index is 15.2. The lowest BCUT2D eigenvalue weighted by atomic mass is 9.81. The second-order valence-electron chi connectivity index (χ2n) is 17.0. The molecule has 4 N–H and O–H groups in total. The molecule has 0 spiro atoms. The third kappa shape index (κ3) is 10.1. The number of piperazine rings is 1. The number of carbonyl (C=O) groups is 4. The monoisotopic (exact) mass is 827 g/mol. The van der Waals surface area contributed by atoms with Crippen LogP contribution in [-0.2, 0) is 19.1 Å².